The number of hydrogen-bond acceptors (Lipinski definition) is 5. The van der Waals surface area contributed by atoms with Gasteiger partial charge in [0.05, 0.1) is 23.1 Å². The van der Waals surface area contributed by atoms with Crippen molar-refractivity contribution in [2.24, 2.45) is 5.92 Å². The maximum Gasteiger partial charge on any atom is 0.335 e. The molecule has 35 heavy (non-hydrogen) atoms. The average Bonchev–Trinajstić information content (AvgIpc) is 3.35. The van der Waals surface area contributed by atoms with E-state index in [0.717, 1.165) is 23.2 Å². The first-order chi connectivity index (χ1) is 16.9. The summed E-state index contributed by atoms with van der Waals surface area (Å²) < 4.78 is 34.3. The van der Waals surface area contributed by atoms with Crippen LogP contribution >= 0.6 is 0 Å². The number of carbonyl (C=O) groups is 1. The molecule has 3 aromatic carbocycles. The molecule has 0 fully saturated rings. The minimum absolute atomic E-state index is 0.00483. The summed E-state index contributed by atoms with van der Waals surface area (Å²) in [4.78, 5) is 11.4. The first-order valence-corrected chi connectivity index (χ1v) is 13.0. The molecule has 0 spiro atoms. The zero-order valence-corrected chi connectivity index (χ0v) is 20.0. The third-order valence-electron chi connectivity index (χ3n) is 6.58. The van der Waals surface area contributed by atoms with Crippen molar-refractivity contribution in [3.63, 3.8) is 0 Å². The minimum Gasteiger partial charge on any atom is -0.494 e. The van der Waals surface area contributed by atoms with E-state index in [1.54, 1.807) is 48.5 Å². The largest absolute Gasteiger partial charge is 0.494 e. The van der Waals surface area contributed by atoms with Crippen LogP contribution in [0.4, 0.5) is 11.4 Å². The van der Waals surface area contributed by atoms with E-state index in [1.165, 1.54) is 0 Å². The molecule has 180 valence electrons. The third-order valence-corrected chi connectivity index (χ3v) is 7.96. The van der Waals surface area contributed by atoms with Gasteiger partial charge in [0.25, 0.3) is 10.0 Å². The first kappa shape index (κ1) is 23.0. The first-order valence-electron chi connectivity index (χ1n) is 11.5. The standard InChI is InChI=1S/C27H26N2O5S/c1-2-34-20-12-10-19(11-13-20)29-35(32,33)21-14-15-25-24(16-21)22-4-3-5-23(22)26(28-25)17-6-8-18(9-7-17)27(30)31/h3-4,6-16,22-23,26,28-29H,2,5H2,1H3,(H,30,31)/t22-,23+,26+/m1/s1. The van der Waals surface area contributed by atoms with Crippen molar-refractivity contribution in [1.82, 2.24) is 0 Å². The smallest absolute Gasteiger partial charge is 0.335 e. The van der Waals surface area contributed by atoms with Gasteiger partial charge in [0, 0.05) is 17.3 Å². The van der Waals surface area contributed by atoms with Crippen LogP contribution in [0.5, 0.6) is 5.75 Å². The fourth-order valence-electron chi connectivity index (χ4n) is 4.90. The monoisotopic (exact) mass is 490 g/mol. The molecule has 0 saturated heterocycles. The molecule has 3 aromatic rings. The highest BCUT2D eigenvalue weighted by molar-refractivity contribution is 7.92. The Bertz CT molecular complexity index is 1380. The second-order valence-corrected chi connectivity index (χ2v) is 10.4. The van der Waals surface area contributed by atoms with Gasteiger partial charge in [-0.15, -0.1) is 0 Å². The van der Waals surface area contributed by atoms with Gasteiger partial charge in [-0.05, 0) is 85.0 Å². The fraction of sp³-hybridized carbons (Fsp3) is 0.222. The summed E-state index contributed by atoms with van der Waals surface area (Å²) in [6.45, 7) is 2.43. The molecule has 8 heteroatoms. The van der Waals surface area contributed by atoms with Crippen LogP contribution in [0.2, 0.25) is 0 Å². The Morgan fingerprint density at radius 1 is 1.09 bits per heavy atom. The number of nitrogens with one attached hydrogen (secondary N) is 2. The molecule has 2 aliphatic rings. The van der Waals surface area contributed by atoms with Crippen molar-refractivity contribution < 1.29 is 23.1 Å². The number of rotatable bonds is 7. The highest BCUT2D eigenvalue weighted by atomic mass is 32.2. The van der Waals surface area contributed by atoms with Crippen LogP contribution in [0.15, 0.2) is 83.8 Å². The lowest BCUT2D eigenvalue weighted by Crippen LogP contribution is -2.29. The lowest BCUT2D eigenvalue weighted by molar-refractivity contribution is 0.0697. The molecular formula is C27H26N2O5S. The summed E-state index contributed by atoms with van der Waals surface area (Å²) in [5.74, 6) is -0.000704. The lowest BCUT2D eigenvalue weighted by Gasteiger charge is -2.37. The van der Waals surface area contributed by atoms with Crippen LogP contribution in [0, 0.1) is 5.92 Å². The van der Waals surface area contributed by atoms with Gasteiger partial charge in [0.15, 0.2) is 0 Å². The average molecular weight is 491 g/mol. The second kappa shape index (κ2) is 9.11. The second-order valence-electron chi connectivity index (χ2n) is 8.71. The zero-order valence-electron chi connectivity index (χ0n) is 19.1. The Morgan fingerprint density at radius 3 is 2.51 bits per heavy atom. The van der Waals surface area contributed by atoms with Gasteiger partial charge in [-0.1, -0.05) is 24.3 Å². The third kappa shape index (κ3) is 4.49. The molecular weight excluding hydrogens is 464 g/mol. The molecule has 0 aromatic heterocycles. The molecule has 1 aliphatic carbocycles. The Morgan fingerprint density at radius 2 is 1.83 bits per heavy atom. The van der Waals surface area contributed by atoms with E-state index >= 15 is 0 Å². The van der Waals surface area contributed by atoms with E-state index < -0.39 is 16.0 Å². The van der Waals surface area contributed by atoms with Gasteiger partial charge >= 0.3 is 5.97 Å². The summed E-state index contributed by atoms with van der Waals surface area (Å²) >= 11 is 0. The topological polar surface area (TPSA) is 105 Å². The lowest BCUT2D eigenvalue weighted by atomic mass is 9.77. The number of carboxylic acids is 1. The molecule has 3 N–H and O–H groups in total. The Labute approximate surface area is 204 Å². The summed E-state index contributed by atoms with van der Waals surface area (Å²) in [6.07, 6.45) is 5.12. The number of ether oxygens (including phenoxy) is 1. The van der Waals surface area contributed by atoms with Crippen LogP contribution < -0.4 is 14.8 Å². The highest BCUT2D eigenvalue weighted by Crippen LogP contribution is 2.50. The van der Waals surface area contributed by atoms with Crippen LogP contribution in [-0.2, 0) is 10.0 Å². The fourth-order valence-corrected chi connectivity index (χ4v) is 6.00. The molecule has 0 radical (unpaired) electrons. The molecule has 0 amide bonds. The molecule has 1 heterocycles. The van der Waals surface area contributed by atoms with Crippen molar-refractivity contribution in [2.45, 2.75) is 30.2 Å². The number of anilines is 2. The predicted molar refractivity (Wildman–Crippen MR) is 135 cm³/mol. The van der Waals surface area contributed by atoms with E-state index in [-0.39, 0.29) is 28.3 Å². The normalized spacial score (nSPS) is 20.4. The maximum atomic E-state index is 13.1. The van der Waals surface area contributed by atoms with E-state index in [2.05, 4.69) is 22.2 Å². The molecule has 1 aliphatic heterocycles. The minimum atomic E-state index is -3.78. The number of allylic oxidation sites excluding steroid dienone is 2. The Balaban J connectivity index is 1.42. The SMILES string of the molecule is CCOc1ccc(NS(=O)(=O)c2ccc3c(c2)[C@@H]2C=CC[C@@H]2[C@H](c2ccc(C(=O)O)cc2)N3)cc1. The van der Waals surface area contributed by atoms with Crippen LogP contribution in [0.25, 0.3) is 0 Å². The summed E-state index contributed by atoms with van der Waals surface area (Å²) in [5.41, 5.74) is 3.55. The highest BCUT2D eigenvalue weighted by Gasteiger charge is 2.38. The van der Waals surface area contributed by atoms with E-state index in [4.69, 9.17) is 4.74 Å². The summed E-state index contributed by atoms with van der Waals surface area (Å²) in [5, 5.41) is 12.8. The number of fused-ring (bicyclic) bond motifs is 3. The van der Waals surface area contributed by atoms with Crippen LogP contribution in [0.1, 0.15) is 46.8 Å². The van der Waals surface area contributed by atoms with Gasteiger partial charge in [-0.2, -0.15) is 0 Å². The van der Waals surface area contributed by atoms with Gasteiger partial charge in [0.2, 0.25) is 0 Å². The molecule has 5 rings (SSSR count). The quantitative estimate of drug-likeness (QED) is 0.383. The van der Waals surface area contributed by atoms with Crippen LogP contribution in [0.3, 0.4) is 0 Å². The number of aromatic carboxylic acids is 1. The van der Waals surface area contributed by atoms with Crippen molar-refractivity contribution >= 4 is 27.4 Å². The van der Waals surface area contributed by atoms with Gasteiger partial charge in [-0.3, -0.25) is 4.72 Å². The number of sulfonamides is 1. The van der Waals surface area contributed by atoms with Crippen molar-refractivity contribution in [3.05, 3.63) is 95.6 Å². The molecule has 0 saturated carbocycles. The van der Waals surface area contributed by atoms with Gasteiger partial charge < -0.3 is 15.2 Å². The van der Waals surface area contributed by atoms with E-state index in [0.29, 0.717) is 18.0 Å². The maximum absolute atomic E-state index is 13.1. The van der Waals surface area contributed by atoms with E-state index in [1.807, 2.05) is 25.1 Å². The molecule has 0 bridgehead atoms. The van der Waals surface area contributed by atoms with E-state index in [9.17, 15) is 18.3 Å². The van der Waals surface area contributed by atoms with Crippen LogP contribution in [-0.4, -0.2) is 26.1 Å². The Kier molecular flexibility index (Phi) is 5.98. The molecule has 3 atom stereocenters. The molecule has 0 unspecified atom stereocenters. The molecule has 7 nitrogen and oxygen atoms in total. The number of benzene rings is 3. The summed E-state index contributed by atoms with van der Waals surface area (Å²) in [7, 11) is -3.78. The van der Waals surface area contributed by atoms with Crippen molar-refractivity contribution in [3.8, 4) is 5.75 Å². The van der Waals surface area contributed by atoms with Crippen molar-refractivity contribution in [1.29, 1.82) is 0 Å². The summed E-state index contributed by atoms with van der Waals surface area (Å²) in [6, 6.07) is 18.9. The van der Waals surface area contributed by atoms with Crippen molar-refractivity contribution in [2.75, 3.05) is 16.6 Å². The van der Waals surface area contributed by atoms with Gasteiger partial charge in [-0.25, -0.2) is 13.2 Å². The predicted octanol–water partition coefficient (Wildman–Crippen LogP) is 5.41. The zero-order chi connectivity index (χ0) is 24.6. The number of carboxylic acid groups (broad SMARTS) is 1. The Hall–Kier alpha value is -3.78. The number of hydrogen-bond donors (Lipinski definition) is 3. The van der Waals surface area contributed by atoms with Gasteiger partial charge in [0.1, 0.15) is 5.75 Å².